The van der Waals surface area contributed by atoms with Crippen molar-refractivity contribution in [1.29, 1.82) is 0 Å². The van der Waals surface area contributed by atoms with Crippen LogP contribution in [0.15, 0.2) is 121 Å². The number of alkyl carbamates (subject to hydrolysis) is 1. The van der Waals surface area contributed by atoms with Crippen LogP contribution in [0.1, 0.15) is 95.9 Å². The molecule has 0 bridgehead atoms. The maximum absolute atomic E-state index is 15.1. The van der Waals surface area contributed by atoms with Gasteiger partial charge in [0.05, 0.1) is 26.4 Å². The number of fused-ring (bicyclic) bond motifs is 2. The number of guanidine groups is 1. The fraction of sp³-hybridized carbons (Fsp3) is 0.429. The Morgan fingerprint density at radius 2 is 1.09 bits per heavy atom. The number of nitrogens with one attached hydrogen (secondary N) is 10. The van der Waals surface area contributed by atoms with Gasteiger partial charge >= 0.3 is 6.09 Å². The van der Waals surface area contributed by atoms with Gasteiger partial charge in [0, 0.05) is 73.5 Å². The number of carbonyl (C=O) groups is 11. The van der Waals surface area contributed by atoms with Gasteiger partial charge in [-0.05, 0) is 105 Å². The number of hydrogen-bond donors (Lipinski definition) is 16. The minimum absolute atomic E-state index is 0. The lowest BCUT2D eigenvalue weighted by Gasteiger charge is -2.30. The molecule has 1 fully saturated rings. The van der Waals surface area contributed by atoms with E-state index in [1.165, 1.54) is 29.2 Å². The van der Waals surface area contributed by atoms with Gasteiger partial charge in [0.25, 0.3) is 5.97 Å². The quantitative estimate of drug-likeness (QED) is 0.0127. The summed E-state index contributed by atoms with van der Waals surface area (Å²) in [5.41, 5.74) is 19.2. The van der Waals surface area contributed by atoms with Crippen LogP contribution in [0.3, 0.4) is 0 Å². The molecule has 0 radical (unpaired) electrons. The number of amides is 10. The third-order valence-electron chi connectivity index (χ3n) is 15.9. The van der Waals surface area contributed by atoms with Crippen molar-refractivity contribution in [2.75, 3.05) is 32.8 Å². The molecule has 1 saturated heterocycles. The number of aromatic nitrogens is 2. The second kappa shape index (κ2) is 42.3. The first-order valence-electron chi connectivity index (χ1n) is 33.0. The van der Waals surface area contributed by atoms with E-state index in [1.54, 1.807) is 83.4 Å². The van der Waals surface area contributed by atoms with E-state index in [-0.39, 0.29) is 105 Å². The molecule has 3 heterocycles. The molecule has 8 atom stereocenters. The number of carboxylic acids is 1. The summed E-state index contributed by atoms with van der Waals surface area (Å²) >= 11 is 0. The van der Waals surface area contributed by atoms with Crippen LogP contribution in [0.5, 0.6) is 5.75 Å². The zero-order valence-corrected chi connectivity index (χ0v) is 58.8. The molecule has 2 aromatic heterocycles. The number of H-pyrrole nitrogens is 2. The van der Waals surface area contributed by atoms with Gasteiger partial charge in [-0.3, -0.25) is 52.9 Å². The maximum Gasteiger partial charge on any atom is 0.408 e. The van der Waals surface area contributed by atoms with E-state index in [0.29, 0.717) is 44.9 Å². The van der Waals surface area contributed by atoms with Gasteiger partial charge in [0.1, 0.15) is 59.7 Å². The van der Waals surface area contributed by atoms with Crippen LogP contribution >= 0.6 is 0 Å². The number of aliphatic hydroxyl groups excluding tert-OH is 1. The number of nitrogens with two attached hydrogens (primary N) is 3. The molecule has 104 heavy (non-hydrogen) atoms. The van der Waals surface area contributed by atoms with Crippen LogP contribution in [0.2, 0.25) is 0 Å². The normalized spacial score (nSPS) is 14.3. The number of para-hydroxylation sites is 2. The molecule has 25 N–H and O–H groups in total. The van der Waals surface area contributed by atoms with E-state index in [0.717, 1.165) is 12.5 Å². The summed E-state index contributed by atoms with van der Waals surface area (Å²) in [5.74, 6) is -8.90. The molecule has 0 aliphatic carbocycles. The van der Waals surface area contributed by atoms with Crippen molar-refractivity contribution in [2.24, 2.45) is 28.1 Å². The Labute approximate surface area is 600 Å². The summed E-state index contributed by atoms with van der Waals surface area (Å²) < 4.78 is 11.4. The second-order valence-corrected chi connectivity index (χ2v) is 25.7. The molecular weight excluding hydrogens is 1350 g/mol. The molecule has 0 saturated carbocycles. The molecule has 1 aliphatic heterocycles. The minimum atomic E-state index is -1.80. The fourth-order valence-electron chi connectivity index (χ4n) is 11.1. The highest BCUT2D eigenvalue weighted by atomic mass is 16.6. The van der Waals surface area contributed by atoms with Crippen molar-refractivity contribution in [3.63, 3.8) is 0 Å². The fourth-order valence-corrected chi connectivity index (χ4v) is 11.1. The minimum Gasteiger partial charge on any atom is -0.508 e. The van der Waals surface area contributed by atoms with Gasteiger partial charge < -0.3 is 116 Å². The monoisotopic (exact) mass is 1450 g/mol. The lowest BCUT2D eigenvalue weighted by atomic mass is 9.99. The standard InChI is InChI=1S/C68H89N15O14.C2H4O2.3H2O/c1-39(2)29-50(58(87)76-49(21-13-27-72-66(70)71)65(94)83-28-14-22-56(83)64(93)75-35-57(69)86)77-60(89)52(31-42-33-73-47-19-11-9-17-45(42)47)79-59(88)51(30-40-23-25-44(85)26-24-40)78-62(91)54(36-84)81-61(90)53(32-43-34-74-48-20-12-10-18-46(43)48)80-63(92)55(82-67(95)97-68(3,4)5)38-96-37-41-15-7-6-8-16-41;1-2(3)4;;;/h6-12,15-20,23-26,33-34,39,49-56,73-74,84-85H,13-14,21-22,27-32,35-38H2,1-5H3,(H2,69,86)(H,75,93)(H,76,87)(H,77,89)(H,78,91)(H,79,88)(H,80,92)(H,81,90)(H,82,95)(H4,70,71,72);1H3,(H,3,4);3*1H2/t49-,50-,51-,52+,53-,54-,55-,56-;;;;/m0..../s1. The molecule has 6 aromatic rings. The zero-order valence-electron chi connectivity index (χ0n) is 58.8. The van der Waals surface area contributed by atoms with Crippen molar-refractivity contribution in [2.45, 2.75) is 153 Å². The zero-order chi connectivity index (χ0) is 73.9. The maximum atomic E-state index is 15.1. The smallest absolute Gasteiger partial charge is 0.408 e. The van der Waals surface area contributed by atoms with Crippen LogP contribution in [0, 0.1) is 5.92 Å². The second-order valence-electron chi connectivity index (χ2n) is 25.7. The summed E-state index contributed by atoms with van der Waals surface area (Å²) in [7, 11) is 0. The summed E-state index contributed by atoms with van der Waals surface area (Å²) in [6.45, 7) is 8.04. The molecule has 0 spiro atoms. The topological polar surface area (TPSA) is 583 Å². The molecule has 10 amide bonds. The molecule has 34 nitrogen and oxygen atoms in total. The lowest BCUT2D eigenvalue weighted by Crippen LogP contribution is -2.61. The Kier molecular flexibility index (Phi) is 35.4. The van der Waals surface area contributed by atoms with Crippen LogP contribution < -0.4 is 59.7 Å². The van der Waals surface area contributed by atoms with Crippen LogP contribution in [0.25, 0.3) is 21.8 Å². The van der Waals surface area contributed by atoms with Crippen LogP contribution in [0.4, 0.5) is 4.79 Å². The number of hydrogen-bond acceptors (Lipinski definition) is 16. The Morgan fingerprint density at radius 3 is 1.60 bits per heavy atom. The van der Waals surface area contributed by atoms with Gasteiger partial charge in [0.15, 0.2) is 5.96 Å². The number of aromatic hydroxyl groups is 1. The average molecular weight is 1450 g/mol. The highest BCUT2D eigenvalue weighted by Crippen LogP contribution is 2.24. The number of benzene rings is 4. The predicted molar refractivity (Wildman–Crippen MR) is 384 cm³/mol. The molecule has 1 aliphatic rings. The molecule has 568 valence electrons. The van der Waals surface area contributed by atoms with Gasteiger partial charge in [-0.2, -0.15) is 0 Å². The average Bonchev–Trinajstić information content (AvgIpc) is 1.70. The van der Waals surface area contributed by atoms with Crippen molar-refractivity contribution in [3.05, 3.63) is 138 Å². The van der Waals surface area contributed by atoms with E-state index in [9.17, 15) is 48.6 Å². The number of likely N-dealkylation sites (tertiary alicyclic amines) is 1. The molecule has 4 aromatic carbocycles. The highest BCUT2D eigenvalue weighted by Gasteiger charge is 2.40. The van der Waals surface area contributed by atoms with E-state index >= 15 is 9.59 Å². The van der Waals surface area contributed by atoms with Crippen molar-refractivity contribution in [1.82, 2.24) is 57.4 Å². The van der Waals surface area contributed by atoms with E-state index in [1.807, 2.05) is 42.5 Å². The number of aliphatic imine (C=N–C) groups is 1. The predicted octanol–water partition coefficient (Wildman–Crippen LogP) is -1.30. The first-order chi connectivity index (χ1) is 48.0. The Morgan fingerprint density at radius 1 is 0.615 bits per heavy atom. The number of rotatable bonds is 34. The van der Waals surface area contributed by atoms with Gasteiger partial charge in [-0.1, -0.05) is 92.7 Å². The molecule has 7 rings (SSSR count). The third-order valence-corrected chi connectivity index (χ3v) is 15.9. The number of nitrogens with zero attached hydrogens (tertiary/aromatic N) is 2. The number of aromatic amines is 2. The van der Waals surface area contributed by atoms with Gasteiger partial charge in [0.2, 0.25) is 53.2 Å². The lowest BCUT2D eigenvalue weighted by molar-refractivity contribution is -0.142. The van der Waals surface area contributed by atoms with E-state index in [4.69, 9.17) is 36.6 Å². The Balaban J connectivity index is 0.00000391. The number of phenolic OH excluding ortho intramolecular Hbond substituents is 1. The first kappa shape index (κ1) is 87.0. The SMILES string of the molecule is CC(=O)O.CC(C)C[C@H](NC(=O)[C@@H](Cc1c[nH]c2ccccc12)NC(=O)[C@H](Cc1ccc(O)cc1)NC(=O)[C@H](CO)NC(=O)[C@H](Cc1c[nH]c2ccccc12)NC(=O)[C@H](COCc1ccccc1)NC(=O)OC(C)(C)C)C(=O)N[C@@H](CCCN=C(N)N)C(=O)N1CCC[C@H]1C(=O)NCC(N)=O.O.O.O. The number of aliphatic carboxylic acids is 1. The van der Waals surface area contributed by atoms with Crippen molar-refractivity contribution in [3.8, 4) is 5.75 Å². The summed E-state index contributed by atoms with van der Waals surface area (Å²) in [5, 5.41) is 51.3. The molecule has 0 unspecified atom stereocenters. The van der Waals surface area contributed by atoms with E-state index in [2.05, 4.69) is 57.5 Å². The molecular formula is C70H99N15O19. The number of aliphatic hydroxyl groups is 1. The number of carbonyl (C=O) groups excluding carboxylic acids is 10. The van der Waals surface area contributed by atoms with Crippen molar-refractivity contribution < 1.29 is 94.0 Å². The van der Waals surface area contributed by atoms with Crippen LogP contribution in [-0.2, 0) is 83.3 Å². The number of phenols is 1. The summed E-state index contributed by atoms with van der Waals surface area (Å²) in [6, 6.07) is 17.7. The van der Waals surface area contributed by atoms with Crippen molar-refractivity contribution >= 4 is 93.0 Å². The molecule has 34 heteroatoms. The number of ether oxygens (including phenoxy) is 2. The number of primary amides is 1. The Hall–Kier alpha value is -11.2. The van der Waals surface area contributed by atoms with Crippen LogP contribution in [-0.4, -0.2) is 205 Å². The highest BCUT2D eigenvalue weighted by molar-refractivity contribution is 5.99. The Bertz CT molecular complexity index is 3850. The summed E-state index contributed by atoms with van der Waals surface area (Å²) in [4.78, 5) is 162. The number of carboxylic acid groups (broad SMARTS) is 1. The van der Waals surface area contributed by atoms with Gasteiger partial charge in [-0.15, -0.1) is 0 Å². The largest absolute Gasteiger partial charge is 0.508 e. The van der Waals surface area contributed by atoms with Gasteiger partial charge in [-0.25, -0.2) is 4.79 Å². The summed E-state index contributed by atoms with van der Waals surface area (Å²) in [6.07, 6.45) is 2.61. The van der Waals surface area contributed by atoms with E-state index < -0.39 is 132 Å². The third kappa shape index (κ3) is 28.0. The first-order valence-corrected chi connectivity index (χ1v) is 33.0.